The van der Waals surface area contributed by atoms with Crippen molar-refractivity contribution in [2.75, 3.05) is 6.61 Å². The average Bonchev–Trinajstić information content (AvgIpc) is 3.18. The fraction of sp³-hybridized carbons (Fsp3) is 0.893. The molecule has 182 valence electrons. The van der Waals surface area contributed by atoms with Crippen LogP contribution in [0, 0.1) is 0 Å². The zero-order chi connectivity index (χ0) is 22.4. The SMILES string of the molecule is CCCCCCCCCCCCC/C=C/[C@@H]1OC(CCCCCCCCC)=N[C@H]1CO. The molecule has 1 N–H and O–H groups in total. The van der Waals surface area contributed by atoms with Crippen LogP contribution in [0.2, 0.25) is 0 Å². The molecule has 0 unspecified atom stereocenters. The summed E-state index contributed by atoms with van der Waals surface area (Å²) in [5, 5.41) is 9.63. The Kier molecular flexibility index (Phi) is 19.1. The van der Waals surface area contributed by atoms with Gasteiger partial charge in [0.25, 0.3) is 0 Å². The summed E-state index contributed by atoms with van der Waals surface area (Å²) in [5.41, 5.74) is 0. The van der Waals surface area contributed by atoms with Crippen LogP contribution in [-0.4, -0.2) is 29.8 Å². The van der Waals surface area contributed by atoms with Gasteiger partial charge < -0.3 is 9.84 Å². The predicted octanol–water partition coefficient (Wildman–Crippen LogP) is 8.54. The number of ether oxygens (including phenoxy) is 1. The third-order valence-corrected chi connectivity index (χ3v) is 6.44. The van der Waals surface area contributed by atoms with Crippen LogP contribution >= 0.6 is 0 Å². The summed E-state index contributed by atoms with van der Waals surface area (Å²) in [4.78, 5) is 4.61. The third-order valence-electron chi connectivity index (χ3n) is 6.44. The second-order valence-corrected chi connectivity index (χ2v) is 9.48. The predicted molar refractivity (Wildman–Crippen MR) is 136 cm³/mol. The number of hydrogen-bond acceptors (Lipinski definition) is 3. The molecule has 0 spiro atoms. The van der Waals surface area contributed by atoms with Gasteiger partial charge in [0.15, 0.2) is 5.90 Å². The van der Waals surface area contributed by atoms with Gasteiger partial charge in [-0.05, 0) is 25.3 Å². The molecule has 3 nitrogen and oxygen atoms in total. The number of aliphatic hydroxyl groups excluding tert-OH is 1. The lowest BCUT2D eigenvalue weighted by atomic mass is 10.0. The highest BCUT2D eigenvalue weighted by atomic mass is 16.5. The van der Waals surface area contributed by atoms with Crippen molar-refractivity contribution in [2.24, 2.45) is 4.99 Å². The highest BCUT2D eigenvalue weighted by molar-refractivity contribution is 5.78. The van der Waals surface area contributed by atoms with Crippen molar-refractivity contribution < 1.29 is 9.84 Å². The maximum absolute atomic E-state index is 9.63. The van der Waals surface area contributed by atoms with Gasteiger partial charge in [0.2, 0.25) is 0 Å². The first kappa shape index (κ1) is 28.2. The minimum Gasteiger partial charge on any atom is -0.471 e. The number of hydrogen-bond donors (Lipinski definition) is 1. The number of unbranched alkanes of at least 4 members (excludes halogenated alkanes) is 17. The van der Waals surface area contributed by atoms with E-state index in [2.05, 4.69) is 31.0 Å². The van der Waals surface area contributed by atoms with Crippen LogP contribution in [0.25, 0.3) is 0 Å². The summed E-state index contributed by atoms with van der Waals surface area (Å²) in [6.07, 6.45) is 30.7. The van der Waals surface area contributed by atoms with Gasteiger partial charge >= 0.3 is 0 Å². The lowest BCUT2D eigenvalue weighted by molar-refractivity contribution is 0.181. The summed E-state index contributed by atoms with van der Waals surface area (Å²) in [5.74, 6) is 0.858. The van der Waals surface area contributed by atoms with Crippen molar-refractivity contribution >= 4 is 5.90 Å². The Labute approximate surface area is 194 Å². The summed E-state index contributed by atoms with van der Waals surface area (Å²) >= 11 is 0. The van der Waals surface area contributed by atoms with Gasteiger partial charge in [0.1, 0.15) is 12.1 Å². The van der Waals surface area contributed by atoms with Crippen molar-refractivity contribution in [3.05, 3.63) is 12.2 Å². The number of aliphatic hydroxyl groups is 1. The van der Waals surface area contributed by atoms with Gasteiger partial charge in [0, 0.05) is 6.42 Å². The van der Waals surface area contributed by atoms with Crippen molar-refractivity contribution in [1.82, 2.24) is 0 Å². The Hall–Kier alpha value is -0.830. The average molecular weight is 436 g/mol. The minimum absolute atomic E-state index is 0.0581. The van der Waals surface area contributed by atoms with Crippen molar-refractivity contribution in [3.63, 3.8) is 0 Å². The smallest absolute Gasteiger partial charge is 0.184 e. The molecule has 0 saturated carbocycles. The summed E-state index contributed by atoms with van der Waals surface area (Å²) in [7, 11) is 0. The number of rotatable bonds is 22. The van der Waals surface area contributed by atoms with E-state index in [9.17, 15) is 5.11 Å². The van der Waals surface area contributed by atoms with Gasteiger partial charge in [-0.1, -0.05) is 123 Å². The monoisotopic (exact) mass is 435 g/mol. The molecule has 0 aromatic heterocycles. The molecule has 1 aliphatic rings. The van der Waals surface area contributed by atoms with Crippen LogP contribution in [0.5, 0.6) is 0 Å². The fourth-order valence-electron chi connectivity index (χ4n) is 4.35. The standard InChI is InChI=1S/C28H53NO2/c1-3-5-7-9-11-12-13-14-15-16-18-19-21-23-27-26(25-30)29-28(31-27)24-22-20-17-10-8-6-4-2/h21,23,26-27,30H,3-20,22,24-25H2,1-2H3/b23-21+/t26-,27-/m0/s1. The van der Waals surface area contributed by atoms with Crippen LogP contribution in [0.4, 0.5) is 0 Å². The van der Waals surface area contributed by atoms with E-state index in [-0.39, 0.29) is 18.8 Å². The van der Waals surface area contributed by atoms with Gasteiger partial charge in [-0.15, -0.1) is 0 Å². The molecule has 1 aliphatic heterocycles. The molecule has 3 heteroatoms. The molecule has 0 bridgehead atoms. The van der Waals surface area contributed by atoms with E-state index in [0.29, 0.717) is 0 Å². The molecular formula is C28H53NO2. The second kappa shape index (κ2) is 21.0. The Balaban J connectivity index is 2.00. The molecule has 0 fully saturated rings. The maximum Gasteiger partial charge on any atom is 0.184 e. The molecule has 0 amide bonds. The summed E-state index contributed by atoms with van der Waals surface area (Å²) in [6.45, 7) is 4.62. The molecular weight excluding hydrogens is 382 g/mol. The quantitative estimate of drug-likeness (QED) is 0.137. The molecule has 0 saturated heterocycles. The number of allylic oxidation sites excluding steroid dienone is 1. The van der Waals surface area contributed by atoms with Crippen LogP contribution in [-0.2, 0) is 4.74 Å². The largest absolute Gasteiger partial charge is 0.471 e. The van der Waals surface area contributed by atoms with E-state index < -0.39 is 0 Å². The van der Waals surface area contributed by atoms with E-state index in [1.807, 2.05) is 0 Å². The van der Waals surface area contributed by atoms with E-state index in [4.69, 9.17) is 4.74 Å². The van der Waals surface area contributed by atoms with Crippen molar-refractivity contribution in [3.8, 4) is 0 Å². The van der Waals surface area contributed by atoms with E-state index in [1.54, 1.807) is 0 Å². The summed E-state index contributed by atoms with van der Waals surface area (Å²) < 4.78 is 6.02. The third kappa shape index (κ3) is 15.6. The topological polar surface area (TPSA) is 41.8 Å². The Morgan fingerprint density at radius 1 is 0.710 bits per heavy atom. The van der Waals surface area contributed by atoms with Crippen LogP contribution in [0.15, 0.2) is 17.1 Å². The first-order valence-electron chi connectivity index (χ1n) is 13.8. The molecule has 2 atom stereocenters. The van der Waals surface area contributed by atoms with Crippen LogP contribution < -0.4 is 0 Å². The highest BCUT2D eigenvalue weighted by Crippen LogP contribution is 2.19. The molecule has 0 aromatic carbocycles. The normalized spacial score (nSPS) is 18.6. The first-order chi connectivity index (χ1) is 15.3. The van der Waals surface area contributed by atoms with E-state index in [0.717, 1.165) is 25.2 Å². The van der Waals surface area contributed by atoms with Crippen molar-refractivity contribution in [2.45, 2.75) is 154 Å². The number of nitrogens with zero attached hydrogens (tertiary/aromatic N) is 1. The highest BCUT2D eigenvalue weighted by Gasteiger charge is 2.27. The van der Waals surface area contributed by atoms with Crippen LogP contribution in [0.3, 0.4) is 0 Å². The Morgan fingerprint density at radius 2 is 1.19 bits per heavy atom. The lowest BCUT2D eigenvalue weighted by Crippen LogP contribution is -2.23. The van der Waals surface area contributed by atoms with Gasteiger partial charge in [0.05, 0.1) is 6.61 Å². The van der Waals surface area contributed by atoms with Gasteiger partial charge in [-0.2, -0.15) is 0 Å². The van der Waals surface area contributed by atoms with Crippen molar-refractivity contribution in [1.29, 1.82) is 0 Å². The molecule has 0 aromatic rings. The zero-order valence-corrected chi connectivity index (χ0v) is 21.0. The first-order valence-corrected chi connectivity index (χ1v) is 13.8. The van der Waals surface area contributed by atoms with Gasteiger partial charge in [-0.25, -0.2) is 4.99 Å². The molecule has 0 radical (unpaired) electrons. The molecule has 31 heavy (non-hydrogen) atoms. The van der Waals surface area contributed by atoms with E-state index >= 15 is 0 Å². The minimum atomic E-state index is -0.104. The number of aliphatic imine (C=N–C) groups is 1. The lowest BCUT2D eigenvalue weighted by Gasteiger charge is -2.11. The molecule has 1 heterocycles. The summed E-state index contributed by atoms with van der Waals surface area (Å²) in [6, 6.07) is -0.104. The van der Waals surface area contributed by atoms with Gasteiger partial charge in [-0.3, -0.25) is 0 Å². The maximum atomic E-state index is 9.63. The Morgan fingerprint density at radius 3 is 1.71 bits per heavy atom. The second-order valence-electron chi connectivity index (χ2n) is 9.48. The Bertz CT molecular complexity index is 446. The fourth-order valence-corrected chi connectivity index (χ4v) is 4.35. The molecule has 0 aliphatic carbocycles. The van der Waals surface area contributed by atoms with E-state index in [1.165, 1.54) is 109 Å². The zero-order valence-electron chi connectivity index (χ0n) is 21.0. The van der Waals surface area contributed by atoms with Crippen LogP contribution in [0.1, 0.15) is 142 Å². The molecule has 1 rings (SSSR count).